The number of amides is 1. The second kappa shape index (κ2) is 7.37. The molecule has 2 aliphatic rings. The van der Waals surface area contributed by atoms with Crippen LogP contribution >= 0.6 is 0 Å². The number of carbonyl (C=O) groups excluding carboxylic acids is 1. The minimum Gasteiger partial charge on any atom is -0.497 e. The summed E-state index contributed by atoms with van der Waals surface area (Å²) in [6.45, 7) is 1.64. The number of ether oxygens (including phenoxy) is 1. The molecule has 1 aliphatic carbocycles. The van der Waals surface area contributed by atoms with E-state index >= 15 is 0 Å². The molecule has 2 heterocycles. The van der Waals surface area contributed by atoms with Crippen molar-refractivity contribution in [2.45, 2.75) is 49.9 Å². The number of carbonyl (C=O) groups is 1. The van der Waals surface area contributed by atoms with Crippen LogP contribution in [0.15, 0.2) is 36.7 Å². The summed E-state index contributed by atoms with van der Waals surface area (Å²) in [7, 11) is 3.72. The SMILES string of the molecule is COc1ccc(C2(C(=O)N3CCC[C@H](c4nccn4C)C3)CCCC2)cc1. The largest absolute Gasteiger partial charge is 0.497 e. The van der Waals surface area contributed by atoms with Crippen molar-refractivity contribution in [1.82, 2.24) is 14.5 Å². The number of nitrogens with zero attached hydrogens (tertiary/aromatic N) is 3. The van der Waals surface area contributed by atoms with Gasteiger partial charge in [-0.2, -0.15) is 0 Å². The van der Waals surface area contributed by atoms with Gasteiger partial charge in [0, 0.05) is 38.4 Å². The summed E-state index contributed by atoms with van der Waals surface area (Å²) >= 11 is 0. The topological polar surface area (TPSA) is 47.4 Å². The first-order valence-electron chi connectivity index (χ1n) is 10.1. The monoisotopic (exact) mass is 367 g/mol. The summed E-state index contributed by atoms with van der Waals surface area (Å²) < 4.78 is 7.39. The Morgan fingerprint density at radius 2 is 1.93 bits per heavy atom. The first-order valence-corrected chi connectivity index (χ1v) is 10.1. The van der Waals surface area contributed by atoms with Crippen LogP contribution in [-0.4, -0.2) is 40.6 Å². The number of hydrogen-bond acceptors (Lipinski definition) is 3. The lowest BCUT2D eigenvalue weighted by Crippen LogP contribution is -2.49. The van der Waals surface area contributed by atoms with Crippen molar-refractivity contribution in [2.75, 3.05) is 20.2 Å². The lowest BCUT2D eigenvalue weighted by atomic mass is 9.77. The molecule has 1 aromatic carbocycles. The number of methoxy groups -OCH3 is 1. The highest BCUT2D eigenvalue weighted by molar-refractivity contribution is 5.89. The highest BCUT2D eigenvalue weighted by atomic mass is 16.5. The van der Waals surface area contributed by atoms with Crippen LogP contribution < -0.4 is 4.74 Å². The van der Waals surface area contributed by atoms with Crippen molar-refractivity contribution in [3.05, 3.63) is 48.0 Å². The lowest BCUT2D eigenvalue weighted by Gasteiger charge is -2.39. The van der Waals surface area contributed by atoms with E-state index in [4.69, 9.17) is 4.74 Å². The maximum atomic E-state index is 13.7. The van der Waals surface area contributed by atoms with E-state index in [9.17, 15) is 4.79 Å². The van der Waals surface area contributed by atoms with Crippen molar-refractivity contribution < 1.29 is 9.53 Å². The molecule has 0 bridgehead atoms. The molecule has 1 saturated carbocycles. The van der Waals surface area contributed by atoms with E-state index in [1.54, 1.807) is 7.11 Å². The normalized spacial score (nSPS) is 22.0. The molecule has 1 amide bonds. The summed E-state index contributed by atoms with van der Waals surface area (Å²) in [6, 6.07) is 8.13. The molecule has 0 unspecified atom stereocenters. The van der Waals surface area contributed by atoms with Crippen molar-refractivity contribution in [3.63, 3.8) is 0 Å². The molecule has 2 fully saturated rings. The van der Waals surface area contributed by atoms with E-state index in [1.807, 2.05) is 31.6 Å². The zero-order valence-electron chi connectivity index (χ0n) is 16.4. The van der Waals surface area contributed by atoms with Crippen molar-refractivity contribution in [3.8, 4) is 5.75 Å². The average Bonchev–Trinajstić information content (AvgIpc) is 3.37. The van der Waals surface area contributed by atoms with Crippen molar-refractivity contribution >= 4 is 5.91 Å². The predicted molar refractivity (Wildman–Crippen MR) is 105 cm³/mol. The van der Waals surface area contributed by atoms with Gasteiger partial charge in [0.15, 0.2) is 0 Å². The fourth-order valence-corrected chi connectivity index (χ4v) is 4.96. The molecule has 144 valence electrons. The lowest BCUT2D eigenvalue weighted by molar-refractivity contribution is -0.138. The quantitative estimate of drug-likeness (QED) is 0.829. The van der Waals surface area contributed by atoms with Gasteiger partial charge in [0.05, 0.1) is 12.5 Å². The van der Waals surface area contributed by atoms with E-state index in [0.29, 0.717) is 11.8 Å². The van der Waals surface area contributed by atoms with Gasteiger partial charge in [0.25, 0.3) is 0 Å². The molecule has 4 rings (SSSR count). The molecular weight excluding hydrogens is 338 g/mol. The fourth-order valence-electron chi connectivity index (χ4n) is 4.96. The van der Waals surface area contributed by atoms with Gasteiger partial charge in [-0.15, -0.1) is 0 Å². The van der Waals surface area contributed by atoms with Crippen LogP contribution in [0.5, 0.6) is 5.75 Å². The first-order chi connectivity index (χ1) is 13.1. The molecule has 0 spiro atoms. The van der Waals surface area contributed by atoms with Crippen molar-refractivity contribution in [2.24, 2.45) is 7.05 Å². The molecule has 1 atom stereocenters. The van der Waals surface area contributed by atoms with Gasteiger partial charge < -0.3 is 14.2 Å². The third kappa shape index (κ3) is 3.24. The molecule has 1 aliphatic heterocycles. The Morgan fingerprint density at radius 1 is 1.19 bits per heavy atom. The van der Waals surface area contributed by atoms with Gasteiger partial charge in [-0.05, 0) is 43.4 Å². The molecule has 5 nitrogen and oxygen atoms in total. The van der Waals surface area contributed by atoms with Crippen LogP contribution in [0.4, 0.5) is 0 Å². The number of aryl methyl sites for hydroxylation is 1. The summed E-state index contributed by atoms with van der Waals surface area (Å²) in [5.41, 5.74) is 0.778. The second-order valence-corrected chi connectivity index (χ2v) is 8.00. The van der Waals surface area contributed by atoms with Gasteiger partial charge >= 0.3 is 0 Å². The standard InChI is InChI=1S/C22H29N3O2/c1-24-15-13-23-20(24)17-6-5-14-25(16-17)21(26)22(11-3-4-12-22)18-7-9-19(27-2)10-8-18/h7-10,13,15,17H,3-6,11-12,14,16H2,1-2H3/t17-/m0/s1. The van der Waals surface area contributed by atoms with Gasteiger partial charge in [-0.3, -0.25) is 4.79 Å². The van der Waals surface area contributed by atoms with Gasteiger partial charge in [0.2, 0.25) is 5.91 Å². The van der Waals surface area contributed by atoms with E-state index < -0.39 is 0 Å². The van der Waals surface area contributed by atoms with E-state index in [0.717, 1.165) is 68.8 Å². The summed E-state index contributed by atoms with van der Waals surface area (Å²) in [5, 5.41) is 0. The zero-order chi connectivity index (χ0) is 18.9. The molecule has 2 aromatic rings. The number of aromatic nitrogens is 2. The van der Waals surface area contributed by atoms with Crippen LogP contribution in [0.2, 0.25) is 0 Å². The van der Waals surface area contributed by atoms with Gasteiger partial charge in [-0.1, -0.05) is 25.0 Å². The van der Waals surface area contributed by atoms with E-state index in [-0.39, 0.29) is 5.41 Å². The molecule has 0 N–H and O–H groups in total. The number of likely N-dealkylation sites (tertiary alicyclic amines) is 1. The minimum absolute atomic E-state index is 0.309. The summed E-state index contributed by atoms with van der Waals surface area (Å²) in [4.78, 5) is 20.4. The highest BCUT2D eigenvalue weighted by Gasteiger charge is 2.45. The fraction of sp³-hybridized carbons (Fsp3) is 0.545. The van der Waals surface area contributed by atoms with Gasteiger partial charge in [-0.25, -0.2) is 4.98 Å². The molecule has 1 saturated heterocycles. The maximum Gasteiger partial charge on any atom is 0.233 e. The minimum atomic E-state index is -0.365. The number of benzene rings is 1. The Balaban J connectivity index is 1.59. The Hall–Kier alpha value is -2.30. The van der Waals surface area contributed by atoms with E-state index in [1.165, 1.54) is 0 Å². The first kappa shape index (κ1) is 18.1. The van der Waals surface area contributed by atoms with Crippen LogP contribution in [0.1, 0.15) is 55.8 Å². The molecule has 27 heavy (non-hydrogen) atoms. The third-order valence-electron chi connectivity index (χ3n) is 6.44. The zero-order valence-corrected chi connectivity index (χ0v) is 16.4. The van der Waals surface area contributed by atoms with Crippen LogP contribution in [-0.2, 0) is 17.3 Å². The van der Waals surface area contributed by atoms with Crippen LogP contribution in [0.25, 0.3) is 0 Å². The maximum absolute atomic E-state index is 13.7. The smallest absolute Gasteiger partial charge is 0.233 e. The van der Waals surface area contributed by atoms with Crippen LogP contribution in [0, 0.1) is 0 Å². The third-order valence-corrected chi connectivity index (χ3v) is 6.44. The molecular formula is C22H29N3O2. The molecule has 0 radical (unpaired) electrons. The number of piperidine rings is 1. The van der Waals surface area contributed by atoms with E-state index in [2.05, 4.69) is 26.6 Å². The Bertz CT molecular complexity index is 790. The highest BCUT2D eigenvalue weighted by Crippen LogP contribution is 2.44. The van der Waals surface area contributed by atoms with Crippen LogP contribution in [0.3, 0.4) is 0 Å². The number of hydrogen-bond donors (Lipinski definition) is 0. The molecule has 1 aromatic heterocycles. The number of imidazole rings is 1. The summed E-state index contributed by atoms with van der Waals surface area (Å²) in [6.07, 6.45) is 10.1. The molecule has 5 heteroatoms. The summed E-state index contributed by atoms with van der Waals surface area (Å²) in [5.74, 6) is 2.57. The number of rotatable bonds is 4. The Labute approximate surface area is 161 Å². The van der Waals surface area contributed by atoms with Gasteiger partial charge in [0.1, 0.15) is 11.6 Å². The average molecular weight is 367 g/mol. The van der Waals surface area contributed by atoms with Crippen molar-refractivity contribution in [1.29, 1.82) is 0 Å². The Morgan fingerprint density at radius 3 is 2.56 bits per heavy atom. The Kier molecular flexibility index (Phi) is 4.94. The predicted octanol–water partition coefficient (Wildman–Crippen LogP) is 3.65. The second-order valence-electron chi connectivity index (χ2n) is 8.00.